The molecule has 24 heavy (non-hydrogen) atoms. The average Bonchev–Trinajstić information content (AvgIpc) is 2.99. The zero-order chi connectivity index (χ0) is 17.5. The number of ether oxygens (including phenoxy) is 1. The van der Waals surface area contributed by atoms with E-state index in [2.05, 4.69) is 10.2 Å². The number of hydrogen-bond acceptors (Lipinski definition) is 5. The van der Waals surface area contributed by atoms with Crippen LogP contribution in [0, 0.1) is 5.92 Å². The number of urea groups is 1. The van der Waals surface area contributed by atoms with Crippen LogP contribution in [0.25, 0.3) is 0 Å². The van der Waals surface area contributed by atoms with Crippen molar-refractivity contribution in [3.05, 3.63) is 23.8 Å². The van der Waals surface area contributed by atoms with Crippen LogP contribution in [0.1, 0.15) is 12.0 Å². The van der Waals surface area contributed by atoms with Crippen molar-refractivity contribution < 1.29 is 19.7 Å². The van der Waals surface area contributed by atoms with Crippen molar-refractivity contribution in [1.29, 1.82) is 0 Å². The van der Waals surface area contributed by atoms with E-state index in [1.807, 2.05) is 0 Å². The maximum absolute atomic E-state index is 12.2. The predicted octanol–water partition coefficient (Wildman–Crippen LogP) is 1.21. The molecule has 7 heteroatoms. The summed E-state index contributed by atoms with van der Waals surface area (Å²) in [6.07, 6.45) is 1.08. The number of likely N-dealkylation sites (tertiary alicyclic amines) is 1. The molecule has 2 amide bonds. The molecule has 1 fully saturated rings. The molecule has 0 unspecified atom stereocenters. The van der Waals surface area contributed by atoms with Gasteiger partial charge in [0.1, 0.15) is 11.5 Å². The summed E-state index contributed by atoms with van der Waals surface area (Å²) >= 11 is 0. The first kappa shape index (κ1) is 18.4. The lowest BCUT2D eigenvalue weighted by Gasteiger charge is -2.22. The van der Waals surface area contributed by atoms with E-state index in [4.69, 9.17) is 4.74 Å². The van der Waals surface area contributed by atoms with Gasteiger partial charge < -0.3 is 30.1 Å². The number of carbonyl (C=O) groups is 1. The fourth-order valence-electron chi connectivity index (χ4n) is 2.96. The molecule has 1 saturated heterocycles. The summed E-state index contributed by atoms with van der Waals surface area (Å²) < 4.78 is 5.10. The number of nitrogens with zero attached hydrogens (tertiary/aromatic N) is 2. The molecule has 2 rings (SSSR count). The van der Waals surface area contributed by atoms with E-state index in [0.29, 0.717) is 18.0 Å². The van der Waals surface area contributed by atoms with Gasteiger partial charge in [-0.1, -0.05) is 0 Å². The number of nitrogens with one attached hydrogen (secondary N) is 1. The van der Waals surface area contributed by atoms with Crippen molar-refractivity contribution in [3.63, 3.8) is 0 Å². The van der Waals surface area contributed by atoms with Crippen molar-refractivity contribution in [2.75, 3.05) is 46.9 Å². The van der Waals surface area contributed by atoms with Gasteiger partial charge in [-0.3, -0.25) is 0 Å². The molecule has 0 aromatic heterocycles. The molecular formula is C17H27N3O4. The van der Waals surface area contributed by atoms with Crippen LogP contribution in [0.4, 0.5) is 4.79 Å². The van der Waals surface area contributed by atoms with Crippen molar-refractivity contribution in [2.45, 2.75) is 13.0 Å². The van der Waals surface area contributed by atoms with Crippen LogP contribution in [0.15, 0.2) is 18.2 Å². The van der Waals surface area contributed by atoms with Crippen LogP contribution in [-0.4, -0.2) is 73.0 Å². The molecule has 1 aromatic carbocycles. The second-order valence-electron chi connectivity index (χ2n) is 6.30. The molecule has 3 N–H and O–H groups in total. The number of rotatable bonds is 7. The Balaban J connectivity index is 1.74. The number of phenolic OH excluding ortho intramolecular Hbond substituents is 2. The topological polar surface area (TPSA) is 85.3 Å². The molecule has 0 aliphatic carbocycles. The largest absolute Gasteiger partial charge is 0.508 e. The molecule has 1 atom stereocenters. The summed E-state index contributed by atoms with van der Waals surface area (Å²) in [6, 6.07) is 4.17. The average molecular weight is 337 g/mol. The number of amides is 2. The Morgan fingerprint density at radius 3 is 2.96 bits per heavy atom. The smallest absolute Gasteiger partial charge is 0.317 e. The van der Waals surface area contributed by atoms with Crippen LogP contribution >= 0.6 is 0 Å². The number of aromatic hydroxyl groups is 2. The van der Waals surface area contributed by atoms with E-state index in [1.54, 1.807) is 25.1 Å². The molecule has 0 spiro atoms. The van der Waals surface area contributed by atoms with Crippen LogP contribution in [0.5, 0.6) is 11.5 Å². The maximum atomic E-state index is 12.2. The molecule has 1 aromatic rings. The van der Waals surface area contributed by atoms with Gasteiger partial charge in [0, 0.05) is 52.0 Å². The number of carbonyl (C=O) groups excluding carboxylic acids is 1. The first-order valence-electron chi connectivity index (χ1n) is 8.20. The first-order valence-corrected chi connectivity index (χ1v) is 8.20. The fourth-order valence-corrected chi connectivity index (χ4v) is 2.96. The summed E-state index contributed by atoms with van der Waals surface area (Å²) in [6.45, 7) is 4.63. The van der Waals surface area contributed by atoms with Gasteiger partial charge in [-0.25, -0.2) is 4.79 Å². The van der Waals surface area contributed by atoms with Crippen molar-refractivity contribution in [3.8, 4) is 11.5 Å². The maximum Gasteiger partial charge on any atom is 0.317 e. The van der Waals surface area contributed by atoms with E-state index >= 15 is 0 Å². The third-order valence-electron chi connectivity index (χ3n) is 4.36. The minimum absolute atomic E-state index is 0.000967. The fraction of sp³-hybridized carbons (Fsp3) is 0.588. The SMILES string of the molecule is COCCN1CC[C@H](CN(C)C(=O)NCc2ccc(O)cc2O)C1. The number of hydrogen-bond donors (Lipinski definition) is 3. The molecule has 0 radical (unpaired) electrons. The second-order valence-corrected chi connectivity index (χ2v) is 6.30. The minimum Gasteiger partial charge on any atom is -0.508 e. The molecule has 1 aliphatic rings. The summed E-state index contributed by atoms with van der Waals surface area (Å²) in [5, 5.41) is 21.8. The molecule has 134 valence electrons. The highest BCUT2D eigenvalue weighted by atomic mass is 16.5. The van der Waals surface area contributed by atoms with Crippen LogP contribution < -0.4 is 5.32 Å². The molecule has 1 aliphatic heterocycles. The molecule has 0 bridgehead atoms. The highest BCUT2D eigenvalue weighted by molar-refractivity contribution is 5.73. The second kappa shape index (κ2) is 8.75. The van der Waals surface area contributed by atoms with Gasteiger partial charge in [0.25, 0.3) is 0 Å². The van der Waals surface area contributed by atoms with Crippen molar-refractivity contribution in [1.82, 2.24) is 15.1 Å². The van der Waals surface area contributed by atoms with Gasteiger partial charge in [-0.15, -0.1) is 0 Å². The monoisotopic (exact) mass is 337 g/mol. The predicted molar refractivity (Wildman–Crippen MR) is 91.1 cm³/mol. The summed E-state index contributed by atoms with van der Waals surface area (Å²) in [7, 11) is 3.49. The van der Waals surface area contributed by atoms with Crippen LogP contribution in [0.2, 0.25) is 0 Å². The molecular weight excluding hydrogens is 310 g/mol. The van der Waals surface area contributed by atoms with E-state index in [9.17, 15) is 15.0 Å². The third-order valence-corrected chi connectivity index (χ3v) is 4.36. The van der Waals surface area contributed by atoms with Gasteiger partial charge in [-0.05, 0) is 31.0 Å². The third kappa shape index (κ3) is 5.28. The van der Waals surface area contributed by atoms with Gasteiger partial charge in [0.05, 0.1) is 6.61 Å². The van der Waals surface area contributed by atoms with Crippen molar-refractivity contribution in [2.24, 2.45) is 5.92 Å². The molecule has 7 nitrogen and oxygen atoms in total. The van der Waals surface area contributed by atoms with Crippen LogP contribution in [0.3, 0.4) is 0 Å². The van der Waals surface area contributed by atoms with E-state index in [-0.39, 0.29) is 24.1 Å². The lowest BCUT2D eigenvalue weighted by atomic mass is 10.1. The summed E-state index contributed by atoms with van der Waals surface area (Å²) in [5.41, 5.74) is 0.571. The highest BCUT2D eigenvalue weighted by Crippen LogP contribution is 2.22. The van der Waals surface area contributed by atoms with E-state index in [0.717, 1.165) is 32.7 Å². The minimum atomic E-state index is -0.169. The Hall–Kier alpha value is -1.99. The zero-order valence-corrected chi connectivity index (χ0v) is 14.4. The van der Waals surface area contributed by atoms with Crippen molar-refractivity contribution >= 4 is 6.03 Å². The number of methoxy groups -OCH3 is 1. The summed E-state index contributed by atoms with van der Waals surface area (Å²) in [5.74, 6) is 0.446. The normalized spacial score (nSPS) is 17.8. The van der Waals surface area contributed by atoms with E-state index < -0.39 is 0 Å². The molecule has 0 saturated carbocycles. The van der Waals surface area contributed by atoms with Crippen LogP contribution in [-0.2, 0) is 11.3 Å². The Kier molecular flexibility index (Phi) is 6.69. The Morgan fingerprint density at radius 1 is 1.46 bits per heavy atom. The van der Waals surface area contributed by atoms with Gasteiger partial charge in [-0.2, -0.15) is 0 Å². The quantitative estimate of drug-likeness (QED) is 0.696. The Labute approximate surface area is 142 Å². The summed E-state index contributed by atoms with van der Waals surface area (Å²) in [4.78, 5) is 16.2. The number of benzene rings is 1. The first-order chi connectivity index (χ1) is 11.5. The highest BCUT2D eigenvalue weighted by Gasteiger charge is 2.24. The number of phenols is 2. The Bertz CT molecular complexity index is 553. The van der Waals surface area contributed by atoms with Gasteiger partial charge >= 0.3 is 6.03 Å². The van der Waals surface area contributed by atoms with E-state index in [1.165, 1.54) is 12.1 Å². The zero-order valence-electron chi connectivity index (χ0n) is 14.4. The lowest BCUT2D eigenvalue weighted by molar-refractivity contribution is 0.157. The standard InChI is InChI=1S/C17H27N3O4/c1-19(11-13-5-6-20(12-13)7-8-24-2)17(23)18-10-14-3-4-15(21)9-16(14)22/h3-4,9,13,21-22H,5-8,10-12H2,1-2H3,(H,18,23)/t13-/m1/s1. The van der Waals surface area contributed by atoms with Gasteiger partial charge in [0.2, 0.25) is 0 Å². The Morgan fingerprint density at radius 2 is 2.25 bits per heavy atom. The molecule has 1 heterocycles. The lowest BCUT2D eigenvalue weighted by Crippen LogP contribution is -2.40. The van der Waals surface area contributed by atoms with Gasteiger partial charge in [0.15, 0.2) is 0 Å².